The number of anilines is 2. The second-order valence-electron chi connectivity index (χ2n) is 9.10. The fourth-order valence-corrected chi connectivity index (χ4v) is 5.55. The summed E-state index contributed by atoms with van der Waals surface area (Å²) in [7, 11) is 0. The first kappa shape index (κ1) is 24.9. The molecule has 1 aromatic rings. The van der Waals surface area contributed by atoms with E-state index in [4.69, 9.17) is 34.7 Å². The molecule has 1 aromatic carbocycles. The van der Waals surface area contributed by atoms with Crippen molar-refractivity contribution in [2.24, 2.45) is 11.7 Å². The van der Waals surface area contributed by atoms with Crippen LogP contribution in [0.25, 0.3) is 0 Å². The Morgan fingerprint density at radius 2 is 1.66 bits per heavy atom. The zero-order valence-electron chi connectivity index (χ0n) is 18.4. The lowest BCUT2D eigenvalue weighted by atomic mass is 9.70. The molecule has 2 unspecified atom stereocenters. The summed E-state index contributed by atoms with van der Waals surface area (Å²) in [4.78, 5) is 11.3. The maximum absolute atomic E-state index is 11.5. The Hall–Kier alpha value is -1.76. The summed E-state index contributed by atoms with van der Waals surface area (Å²) < 4.78 is 0. The van der Waals surface area contributed by atoms with Gasteiger partial charge in [0.05, 0.1) is 17.4 Å². The molecule has 2 fully saturated rings. The number of nitrogen functional groups attached to an aromatic ring is 1. The second kappa shape index (κ2) is 11.4. The molecule has 0 aliphatic heterocycles. The maximum atomic E-state index is 11.5. The van der Waals surface area contributed by atoms with Crippen molar-refractivity contribution in [3.05, 3.63) is 56.6 Å². The van der Waals surface area contributed by atoms with Crippen LogP contribution >= 0.6 is 23.2 Å². The van der Waals surface area contributed by atoms with Crippen LogP contribution in [0, 0.1) is 16.0 Å². The van der Waals surface area contributed by atoms with Crippen LogP contribution in [-0.4, -0.2) is 22.5 Å². The van der Waals surface area contributed by atoms with E-state index in [9.17, 15) is 10.1 Å². The summed E-state index contributed by atoms with van der Waals surface area (Å²) in [6, 6.07) is 5.65. The molecule has 4 rings (SSSR count). The van der Waals surface area contributed by atoms with Gasteiger partial charge in [-0.05, 0) is 50.0 Å². The zero-order chi connectivity index (χ0) is 23.1. The fourth-order valence-electron chi connectivity index (χ4n) is 5.13. The van der Waals surface area contributed by atoms with Crippen LogP contribution in [0.1, 0.15) is 64.2 Å². The number of allylic oxidation sites excluding steroid dienone is 2. The maximum Gasteiger partial charge on any atom is 0.263 e. The standard InChI is InChI=1S/C12H17ClN2O2.C12H17ClN2/c13-10-6-7-11(14)12(8-10,15(16)17)9-4-2-1-3-5-9;13-9-6-7-12(11(14)8-9)15-10-4-2-1-3-5-10/h6-9,11H,1-5,14H2;6-8,10,15H,1-5,14H2. The Kier molecular flexibility index (Phi) is 8.86. The van der Waals surface area contributed by atoms with Crippen LogP contribution in [0.4, 0.5) is 11.4 Å². The molecule has 0 bridgehead atoms. The molecule has 2 atom stereocenters. The Balaban J connectivity index is 0.000000182. The van der Waals surface area contributed by atoms with Gasteiger partial charge in [0.15, 0.2) is 0 Å². The van der Waals surface area contributed by atoms with E-state index in [-0.39, 0.29) is 10.8 Å². The van der Waals surface area contributed by atoms with Gasteiger partial charge in [-0.25, -0.2) is 0 Å². The van der Waals surface area contributed by atoms with E-state index in [1.807, 2.05) is 12.1 Å². The number of nitro groups is 1. The number of rotatable bonds is 4. The molecule has 6 nitrogen and oxygen atoms in total. The Morgan fingerprint density at radius 3 is 2.25 bits per heavy atom. The van der Waals surface area contributed by atoms with Gasteiger partial charge in [-0.15, -0.1) is 0 Å². The third-order valence-corrected chi connectivity index (χ3v) is 7.39. The molecule has 3 aliphatic rings. The SMILES string of the molecule is NC1C=CC(Cl)=CC1(C1CCCCC1)[N+](=O)[O-].Nc1cc(Cl)ccc1NC1CCCCC1. The third-order valence-electron chi connectivity index (χ3n) is 6.92. The van der Waals surface area contributed by atoms with Gasteiger partial charge in [-0.1, -0.05) is 67.8 Å². The van der Waals surface area contributed by atoms with Gasteiger partial charge < -0.3 is 16.8 Å². The average Bonchev–Trinajstić information content (AvgIpc) is 2.79. The molecule has 2 saturated carbocycles. The van der Waals surface area contributed by atoms with Crippen molar-refractivity contribution in [1.29, 1.82) is 0 Å². The third kappa shape index (κ3) is 5.97. The van der Waals surface area contributed by atoms with E-state index < -0.39 is 11.6 Å². The number of nitrogens with one attached hydrogen (secondary N) is 1. The van der Waals surface area contributed by atoms with Gasteiger partial charge in [0.25, 0.3) is 5.54 Å². The van der Waals surface area contributed by atoms with Crippen molar-refractivity contribution in [2.75, 3.05) is 11.1 Å². The molecule has 0 radical (unpaired) electrons. The lowest BCUT2D eigenvalue weighted by Gasteiger charge is -2.37. The monoisotopic (exact) mass is 480 g/mol. The number of nitrogens with two attached hydrogens (primary N) is 2. The first-order valence-corrected chi connectivity index (χ1v) is 12.4. The molecule has 32 heavy (non-hydrogen) atoms. The van der Waals surface area contributed by atoms with Gasteiger partial charge >= 0.3 is 0 Å². The van der Waals surface area contributed by atoms with Gasteiger partial charge in [-0.2, -0.15) is 0 Å². The van der Waals surface area contributed by atoms with Crippen LogP contribution in [0.3, 0.4) is 0 Å². The molecule has 0 aromatic heterocycles. The number of halogens is 2. The van der Waals surface area contributed by atoms with Crippen LogP contribution in [0.5, 0.6) is 0 Å². The summed E-state index contributed by atoms with van der Waals surface area (Å²) in [5.41, 5.74) is 12.4. The van der Waals surface area contributed by atoms with Crippen LogP contribution < -0.4 is 16.8 Å². The Labute approximate surface area is 200 Å². The predicted molar refractivity (Wildman–Crippen MR) is 134 cm³/mol. The van der Waals surface area contributed by atoms with E-state index >= 15 is 0 Å². The smallest absolute Gasteiger partial charge is 0.263 e. The summed E-state index contributed by atoms with van der Waals surface area (Å²) >= 11 is 11.8. The summed E-state index contributed by atoms with van der Waals surface area (Å²) in [6.45, 7) is 0. The lowest BCUT2D eigenvalue weighted by Crippen LogP contribution is -2.58. The van der Waals surface area contributed by atoms with Gasteiger partial charge in [0, 0.05) is 33.0 Å². The lowest BCUT2D eigenvalue weighted by molar-refractivity contribution is -0.568. The molecule has 5 N–H and O–H groups in total. The van der Waals surface area contributed by atoms with Crippen LogP contribution in [0.15, 0.2) is 41.5 Å². The van der Waals surface area contributed by atoms with Crippen molar-refractivity contribution in [1.82, 2.24) is 0 Å². The molecular weight excluding hydrogens is 447 g/mol. The highest BCUT2D eigenvalue weighted by molar-refractivity contribution is 6.31. The average molecular weight is 481 g/mol. The first-order valence-electron chi connectivity index (χ1n) is 11.6. The quantitative estimate of drug-likeness (QED) is 0.267. The zero-order valence-corrected chi connectivity index (χ0v) is 20.0. The molecule has 0 heterocycles. The topological polar surface area (TPSA) is 107 Å². The second-order valence-corrected chi connectivity index (χ2v) is 9.98. The molecule has 3 aliphatic carbocycles. The van der Waals surface area contributed by atoms with Crippen molar-refractivity contribution in [2.45, 2.75) is 81.8 Å². The van der Waals surface area contributed by atoms with Gasteiger partial charge in [0.2, 0.25) is 0 Å². The fraction of sp³-hybridized carbons (Fsp3) is 0.583. The summed E-state index contributed by atoms with van der Waals surface area (Å²) in [5.74, 6) is -0.0000463. The summed E-state index contributed by atoms with van der Waals surface area (Å²) in [5, 5.41) is 16.1. The predicted octanol–water partition coefficient (Wildman–Crippen LogP) is 6.27. The molecular formula is C24H34Cl2N4O2. The van der Waals surface area contributed by atoms with Crippen molar-refractivity contribution in [3.8, 4) is 0 Å². The number of nitrogens with zero attached hydrogens (tertiary/aromatic N) is 1. The number of hydrogen-bond acceptors (Lipinski definition) is 5. The molecule has 176 valence electrons. The van der Waals surface area contributed by atoms with Crippen molar-refractivity contribution >= 4 is 34.6 Å². The van der Waals surface area contributed by atoms with Gasteiger partial charge in [0.1, 0.15) is 0 Å². The minimum absolute atomic E-state index is 0.0000463. The van der Waals surface area contributed by atoms with Crippen LogP contribution in [0.2, 0.25) is 5.02 Å². The molecule has 8 heteroatoms. The highest BCUT2D eigenvalue weighted by Gasteiger charge is 2.53. The molecule has 0 spiro atoms. The molecule has 0 saturated heterocycles. The summed E-state index contributed by atoms with van der Waals surface area (Å²) in [6.07, 6.45) is 16.4. The van der Waals surface area contributed by atoms with E-state index in [2.05, 4.69) is 5.32 Å². The minimum Gasteiger partial charge on any atom is -0.397 e. The highest BCUT2D eigenvalue weighted by atomic mass is 35.5. The van der Waals surface area contributed by atoms with E-state index in [1.54, 1.807) is 24.3 Å². The number of hydrogen-bond donors (Lipinski definition) is 3. The largest absolute Gasteiger partial charge is 0.397 e. The normalized spacial score (nSPS) is 26.6. The highest BCUT2D eigenvalue weighted by Crippen LogP contribution is 2.40. The van der Waals surface area contributed by atoms with Gasteiger partial charge in [-0.3, -0.25) is 10.1 Å². The minimum atomic E-state index is -1.20. The number of benzene rings is 1. The van der Waals surface area contributed by atoms with Crippen molar-refractivity contribution in [3.63, 3.8) is 0 Å². The van der Waals surface area contributed by atoms with E-state index in [1.165, 1.54) is 32.1 Å². The first-order chi connectivity index (χ1) is 15.3. The van der Waals surface area contributed by atoms with Crippen molar-refractivity contribution < 1.29 is 4.92 Å². The van der Waals surface area contributed by atoms with E-state index in [0.717, 1.165) is 43.5 Å². The van der Waals surface area contributed by atoms with E-state index in [0.29, 0.717) is 16.1 Å². The van der Waals surface area contributed by atoms with Crippen LogP contribution in [-0.2, 0) is 0 Å². The Bertz CT molecular complexity index is 848. The molecule has 0 amide bonds. The Morgan fingerprint density at radius 1 is 1.03 bits per heavy atom.